The lowest BCUT2D eigenvalue weighted by atomic mass is 10.0. The number of nitrogens with one attached hydrogen (secondary N) is 1. The Morgan fingerprint density at radius 3 is 2.50 bits per heavy atom. The summed E-state index contributed by atoms with van der Waals surface area (Å²) in [5.41, 5.74) is 4.21. The van der Waals surface area contributed by atoms with Gasteiger partial charge in [-0.1, -0.05) is 35.9 Å². The number of carbonyl (C=O) groups is 1. The molecule has 7 heteroatoms. The highest BCUT2D eigenvalue weighted by Crippen LogP contribution is 2.26. The number of para-hydroxylation sites is 1. The van der Waals surface area contributed by atoms with Crippen LogP contribution in [0.2, 0.25) is 0 Å². The van der Waals surface area contributed by atoms with Crippen molar-refractivity contribution in [3.63, 3.8) is 0 Å². The number of allylic oxidation sites excluding steroid dienone is 1. The van der Waals surface area contributed by atoms with Gasteiger partial charge in [0.05, 0.1) is 16.6 Å². The zero-order valence-electron chi connectivity index (χ0n) is 17.7. The molecule has 0 radical (unpaired) electrons. The van der Waals surface area contributed by atoms with Crippen molar-refractivity contribution in [2.75, 3.05) is 11.9 Å². The van der Waals surface area contributed by atoms with E-state index in [2.05, 4.69) is 11.4 Å². The summed E-state index contributed by atoms with van der Waals surface area (Å²) >= 11 is 0. The molecular formula is C25H21N3O4. The molecule has 0 saturated heterocycles. The third-order valence-corrected chi connectivity index (χ3v) is 4.74. The second-order valence-electron chi connectivity index (χ2n) is 7.17. The molecule has 0 saturated carbocycles. The lowest BCUT2D eigenvalue weighted by Gasteiger charge is -2.12. The van der Waals surface area contributed by atoms with Crippen molar-refractivity contribution in [3.8, 4) is 11.8 Å². The average Bonchev–Trinajstić information content (AvgIpc) is 2.78. The van der Waals surface area contributed by atoms with Crippen molar-refractivity contribution in [2.24, 2.45) is 0 Å². The van der Waals surface area contributed by atoms with Crippen LogP contribution in [-0.4, -0.2) is 17.4 Å². The molecule has 0 aliphatic heterocycles. The maximum Gasteiger partial charge on any atom is 0.269 e. The van der Waals surface area contributed by atoms with Gasteiger partial charge in [0.25, 0.3) is 11.6 Å². The standard InChI is InChI=1S/C25H21N3O4/c1-17-7-12-23(18(2)13-17)27-25(29)16-32-24-6-4-3-5-20(24)14-21(15-26)19-8-10-22(11-9-19)28(30)31/h3-14H,16H2,1-2H3,(H,27,29)/b21-14+. The van der Waals surface area contributed by atoms with Gasteiger partial charge in [-0.3, -0.25) is 14.9 Å². The Kier molecular flexibility index (Phi) is 6.99. The van der Waals surface area contributed by atoms with Gasteiger partial charge < -0.3 is 10.1 Å². The second-order valence-corrected chi connectivity index (χ2v) is 7.17. The van der Waals surface area contributed by atoms with E-state index in [4.69, 9.17) is 4.74 Å². The Balaban J connectivity index is 1.75. The number of nitro benzene ring substituents is 1. The molecule has 0 aliphatic rings. The van der Waals surface area contributed by atoms with Gasteiger partial charge in [0.15, 0.2) is 6.61 Å². The van der Waals surface area contributed by atoms with Crippen molar-refractivity contribution in [1.29, 1.82) is 5.26 Å². The zero-order valence-corrected chi connectivity index (χ0v) is 17.7. The number of anilines is 1. The number of aryl methyl sites for hydroxylation is 2. The molecule has 3 aromatic carbocycles. The highest BCUT2D eigenvalue weighted by atomic mass is 16.6. The molecule has 160 valence electrons. The van der Waals surface area contributed by atoms with Gasteiger partial charge in [-0.2, -0.15) is 5.26 Å². The summed E-state index contributed by atoms with van der Waals surface area (Å²) in [4.78, 5) is 22.7. The van der Waals surface area contributed by atoms with Gasteiger partial charge in [0, 0.05) is 23.4 Å². The van der Waals surface area contributed by atoms with Crippen LogP contribution in [0.25, 0.3) is 11.6 Å². The first-order valence-corrected chi connectivity index (χ1v) is 9.83. The van der Waals surface area contributed by atoms with Crippen LogP contribution in [0.15, 0.2) is 66.7 Å². The van der Waals surface area contributed by atoms with Crippen molar-refractivity contribution in [1.82, 2.24) is 0 Å². The van der Waals surface area contributed by atoms with E-state index in [0.717, 1.165) is 16.8 Å². The average molecular weight is 427 g/mol. The molecule has 0 bridgehead atoms. The number of carbonyl (C=O) groups excluding carboxylic acids is 1. The predicted octanol–water partition coefficient (Wildman–Crippen LogP) is 5.29. The fraction of sp³-hybridized carbons (Fsp3) is 0.120. The van der Waals surface area contributed by atoms with Gasteiger partial charge in [0.2, 0.25) is 0 Å². The maximum absolute atomic E-state index is 12.4. The lowest BCUT2D eigenvalue weighted by Crippen LogP contribution is -2.20. The number of non-ortho nitro benzene ring substituents is 1. The van der Waals surface area contributed by atoms with Gasteiger partial charge in [-0.15, -0.1) is 0 Å². The first-order valence-electron chi connectivity index (χ1n) is 9.83. The zero-order chi connectivity index (χ0) is 23.1. The van der Waals surface area contributed by atoms with Gasteiger partial charge in [-0.05, 0) is 55.3 Å². The number of nitrogens with zero attached hydrogens (tertiary/aromatic N) is 2. The number of hydrogen-bond donors (Lipinski definition) is 1. The minimum Gasteiger partial charge on any atom is -0.483 e. The number of nitro groups is 1. The smallest absolute Gasteiger partial charge is 0.269 e. The van der Waals surface area contributed by atoms with E-state index in [1.54, 1.807) is 30.3 Å². The summed E-state index contributed by atoms with van der Waals surface area (Å²) in [6.45, 7) is 3.71. The van der Waals surface area contributed by atoms with Crippen LogP contribution in [0, 0.1) is 35.3 Å². The molecule has 3 aromatic rings. The second kappa shape index (κ2) is 10.0. The van der Waals surface area contributed by atoms with Crippen LogP contribution in [-0.2, 0) is 4.79 Å². The number of nitriles is 1. The lowest BCUT2D eigenvalue weighted by molar-refractivity contribution is -0.384. The van der Waals surface area contributed by atoms with Crippen LogP contribution < -0.4 is 10.1 Å². The topological polar surface area (TPSA) is 105 Å². The van der Waals surface area contributed by atoms with E-state index in [9.17, 15) is 20.2 Å². The molecule has 32 heavy (non-hydrogen) atoms. The minimum absolute atomic E-state index is 0.0513. The number of hydrogen-bond acceptors (Lipinski definition) is 5. The third kappa shape index (κ3) is 5.58. The normalized spacial score (nSPS) is 10.8. The summed E-state index contributed by atoms with van der Waals surface area (Å²) in [6, 6.07) is 20.6. The van der Waals surface area contributed by atoms with E-state index in [1.807, 2.05) is 32.0 Å². The summed E-state index contributed by atoms with van der Waals surface area (Å²) in [5.74, 6) is 0.143. The summed E-state index contributed by atoms with van der Waals surface area (Å²) in [6.07, 6.45) is 1.62. The van der Waals surface area contributed by atoms with Crippen molar-refractivity contribution >= 4 is 28.9 Å². The predicted molar refractivity (Wildman–Crippen MR) is 123 cm³/mol. The molecule has 1 amide bonds. The quantitative estimate of drug-likeness (QED) is 0.239. The van der Waals surface area contributed by atoms with E-state index < -0.39 is 4.92 Å². The number of rotatable bonds is 7. The largest absolute Gasteiger partial charge is 0.483 e. The molecule has 0 aromatic heterocycles. The number of ether oxygens (including phenoxy) is 1. The van der Waals surface area contributed by atoms with Crippen LogP contribution in [0.5, 0.6) is 5.75 Å². The van der Waals surface area contributed by atoms with Crippen LogP contribution >= 0.6 is 0 Å². The van der Waals surface area contributed by atoms with E-state index >= 15 is 0 Å². The Morgan fingerprint density at radius 1 is 1.12 bits per heavy atom. The van der Waals surface area contributed by atoms with Crippen LogP contribution in [0.4, 0.5) is 11.4 Å². The Labute approximate surface area is 185 Å². The monoisotopic (exact) mass is 427 g/mol. The molecule has 0 heterocycles. The molecule has 7 nitrogen and oxygen atoms in total. The highest BCUT2D eigenvalue weighted by Gasteiger charge is 2.10. The van der Waals surface area contributed by atoms with E-state index in [-0.39, 0.29) is 18.2 Å². The Morgan fingerprint density at radius 2 is 1.84 bits per heavy atom. The van der Waals surface area contributed by atoms with Crippen molar-refractivity contribution < 1.29 is 14.5 Å². The summed E-state index contributed by atoms with van der Waals surface area (Å²) in [7, 11) is 0. The fourth-order valence-corrected chi connectivity index (χ4v) is 3.11. The van der Waals surface area contributed by atoms with Gasteiger partial charge in [-0.25, -0.2) is 0 Å². The maximum atomic E-state index is 12.4. The molecule has 3 rings (SSSR count). The van der Waals surface area contributed by atoms with Crippen molar-refractivity contribution in [2.45, 2.75) is 13.8 Å². The number of benzene rings is 3. The highest BCUT2D eigenvalue weighted by molar-refractivity contribution is 5.93. The number of amides is 1. The Bertz CT molecular complexity index is 1220. The first-order chi connectivity index (χ1) is 15.4. The summed E-state index contributed by atoms with van der Waals surface area (Å²) in [5, 5.41) is 23.3. The SMILES string of the molecule is Cc1ccc(NC(=O)COc2ccccc2/C=C(\C#N)c2ccc([N+](=O)[O-])cc2)c(C)c1. The van der Waals surface area contributed by atoms with E-state index in [0.29, 0.717) is 22.4 Å². The molecule has 0 fully saturated rings. The summed E-state index contributed by atoms with van der Waals surface area (Å²) < 4.78 is 5.71. The molecule has 0 aliphatic carbocycles. The van der Waals surface area contributed by atoms with Crippen LogP contribution in [0.1, 0.15) is 22.3 Å². The van der Waals surface area contributed by atoms with Gasteiger partial charge in [0.1, 0.15) is 5.75 Å². The van der Waals surface area contributed by atoms with E-state index in [1.165, 1.54) is 24.3 Å². The first kappa shape index (κ1) is 22.2. The molecule has 0 atom stereocenters. The molecule has 1 N–H and O–H groups in total. The third-order valence-electron chi connectivity index (χ3n) is 4.74. The van der Waals surface area contributed by atoms with Gasteiger partial charge >= 0.3 is 0 Å². The molecule has 0 spiro atoms. The molecular weight excluding hydrogens is 406 g/mol. The fourth-order valence-electron chi connectivity index (χ4n) is 3.11. The molecule has 0 unspecified atom stereocenters. The Hall–Kier alpha value is -4.44. The van der Waals surface area contributed by atoms with Crippen LogP contribution in [0.3, 0.4) is 0 Å². The minimum atomic E-state index is -0.494. The van der Waals surface area contributed by atoms with Crippen molar-refractivity contribution in [3.05, 3.63) is 99.1 Å².